The molecule has 0 fully saturated rings. The number of imidazole rings is 1. The van der Waals surface area contributed by atoms with Crippen LogP contribution in [0.2, 0.25) is 0 Å². The molecule has 0 unspecified atom stereocenters. The van der Waals surface area contributed by atoms with Crippen LogP contribution in [0.25, 0.3) is 11.2 Å². The third-order valence-corrected chi connectivity index (χ3v) is 4.21. The van der Waals surface area contributed by atoms with Gasteiger partial charge in [-0.2, -0.15) is 0 Å². The molecule has 4 nitrogen and oxygen atoms in total. The summed E-state index contributed by atoms with van der Waals surface area (Å²) in [6, 6.07) is 11.9. The quantitative estimate of drug-likeness (QED) is 0.690. The van der Waals surface area contributed by atoms with E-state index in [9.17, 15) is 0 Å². The summed E-state index contributed by atoms with van der Waals surface area (Å²) in [7, 11) is 3.69. The van der Waals surface area contributed by atoms with Crippen molar-refractivity contribution in [2.24, 2.45) is 7.05 Å². The molecule has 3 rings (SSSR count). The van der Waals surface area contributed by atoms with Gasteiger partial charge in [-0.25, -0.2) is 9.97 Å². The second kappa shape index (κ2) is 5.54. The van der Waals surface area contributed by atoms with Crippen molar-refractivity contribution < 1.29 is 4.74 Å². The van der Waals surface area contributed by atoms with Crippen molar-refractivity contribution in [3.8, 4) is 5.75 Å². The van der Waals surface area contributed by atoms with Crippen molar-refractivity contribution in [1.82, 2.24) is 14.5 Å². The summed E-state index contributed by atoms with van der Waals surface area (Å²) in [5.74, 6) is 1.73. The smallest absolute Gasteiger partial charge is 0.170 e. The van der Waals surface area contributed by atoms with Gasteiger partial charge in [-0.3, -0.25) is 0 Å². The average molecular weight is 285 g/mol. The first kappa shape index (κ1) is 13.0. The van der Waals surface area contributed by atoms with E-state index in [1.54, 1.807) is 25.1 Å². The van der Waals surface area contributed by atoms with Crippen molar-refractivity contribution in [2.45, 2.75) is 10.9 Å². The summed E-state index contributed by atoms with van der Waals surface area (Å²) < 4.78 is 7.39. The Morgan fingerprint density at radius 2 is 2.05 bits per heavy atom. The second-order valence-corrected chi connectivity index (χ2v) is 5.34. The number of rotatable bonds is 4. The van der Waals surface area contributed by atoms with Crippen LogP contribution in [0.1, 0.15) is 5.56 Å². The van der Waals surface area contributed by atoms with Gasteiger partial charge in [0.05, 0.1) is 7.11 Å². The molecule has 102 valence electrons. The molecule has 0 saturated carbocycles. The molecule has 0 spiro atoms. The third kappa shape index (κ3) is 2.36. The van der Waals surface area contributed by atoms with Crippen LogP contribution in [-0.4, -0.2) is 21.6 Å². The van der Waals surface area contributed by atoms with E-state index in [0.29, 0.717) is 0 Å². The van der Waals surface area contributed by atoms with E-state index in [0.717, 1.165) is 27.8 Å². The number of nitrogens with zero attached hydrogens (tertiary/aromatic N) is 3. The Kier molecular flexibility index (Phi) is 3.60. The number of pyridine rings is 1. The van der Waals surface area contributed by atoms with E-state index in [1.165, 1.54) is 5.56 Å². The van der Waals surface area contributed by atoms with Crippen molar-refractivity contribution >= 4 is 22.9 Å². The van der Waals surface area contributed by atoms with E-state index in [-0.39, 0.29) is 0 Å². The fourth-order valence-electron chi connectivity index (χ4n) is 2.10. The van der Waals surface area contributed by atoms with Crippen molar-refractivity contribution in [3.63, 3.8) is 0 Å². The molecule has 3 aromatic rings. The van der Waals surface area contributed by atoms with Gasteiger partial charge >= 0.3 is 0 Å². The van der Waals surface area contributed by atoms with Crippen molar-refractivity contribution in [3.05, 3.63) is 48.2 Å². The Hall–Kier alpha value is -2.01. The number of methoxy groups -OCH3 is 1. The molecule has 2 heterocycles. The van der Waals surface area contributed by atoms with Crippen molar-refractivity contribution in [1.29, 1.82) is 0 Å². The predicted octanol–water partition coefficient (Wildman–Crippen LogP) is 3.27. The summed E-state index contributed by atoms with van der Waals surface area (Å²) in [5, 5.41) is 0.963. The van der Waals surface area contributed by atoms with Gasteiger partial charge in [-0.1, -0.05) is 30.0 Å². The Bertz CT molecular complexity index is 739. The highest BCUT2D eigenvalue weighted by Gasteiger charge is 2.10. The maximum atomic E-state index is 5.37. The lowest BCUT2D eigenvalue weighted by atomic mass is 10.2. The van der Waals surface area contributed by atoms with Gasteiger partial charge in [0.2, 0.25) is 0 Å². The van der Waals surface area contributed by atoms with Crippen LogP contribution < -0.4 is 4.74 Å². The van der Waals surface area contributed by atoms with Gasteiger partial charge < -0.3 is 9.30 Å². The van der Waals surface area contributed by atoms with Gasteiger partial charge in [0.15, 0.2) is 10.8 Å². The zero-order chi connectivity index (χ0) is 13.9. The minimum atomic E-state index is 0.821. The summed E-state index contributed by atoms with van der Waals surface area (Å²) in [4.78, 5) is 8.96. The molecule has 0 amide bonds. The molecule has 5 heteroatoms. The molecular formula is C15H15N3OS. The molecule has 0 radical (unpaired) electrons. The number of benzene rings is 1. The predicted molar refractivity (Wildman–Crippen MR) is 81.1 cm³/mol. The Labute approximate surface area is 121 Å². The first-order chi connectivity index (χ1) is 9.79. The van der Waals surface area contributed by atoms with Crippen LogP contribution in [0.4, 0.5) is 0 Å². The minimum absolute atomic E-state index is 0.821. The van der Waals surface area contributed by atoms with Gasteiger partial charge in [0.25, 0.3) is 0 Å². The highest BCUT2D eigenvalue weighted by Crippen LogP contribution is 2.28. The Morgan fingerprint density at radius 1 is 1.20 bits per heavy atom. The van der Waals surface area contributed by atoms with Crippen LogP contribution in [0.3, 0.4) is 0 Å². The first-order valence-electron chi connectivity index (χ1n) is 6.31. The van der Waals surface area contributed by atoms with E-state index < -0.39 is 0 Å². The molecule has 0 bridgehead atoms. The largest absolute Gasteiger partial charge is 0.496 e. The number of hydrogen-bond acceptors (Lipinski definition) is 4. The SMILES string of the molecule is COc1ccccc1CSc1nc2cccnc2n1C. The van der Waals surface area contributed by atoms with Gasteiger partial charge in [-0.15, -0.1) is 0 Å². The summed E-state index contributed by atoms with van der Waals surface area (Å²) >= 11 is 1.69. The van der Waals surface area contributed by atoms with E-state index in [2.05, 4.69) is 16.0 Å². The maximum absolute atomic E-state index is 5.37. The van der Waals surface area contributed by atoms with Crippen molar-refractivity contribution in [2.75, 3.05) is 7.11 Å². The van der Waals surface area contributed by atoms with Crippen LogP contribution in [-0.2, 0) is 12.8 Å². The van der Waals surface area contributed by atoms with E-state index in [4.69, 9.17) is 4.74 Å². The van der Waals surface area contributed by atoms with Crippen LogP contribution in [0.15, 0.2) is 47.8 Å². The number of hydrogen-bond donors (Lipinski definition) is 0. The Balaban J connectivity index is 1.85. The van der Waals surface area contributed by atoms with Gasteiger partial charge in [0, 0.05) is 24.6 Å². The number of aryl methyl sites for hydroxylation is 1. The second-order valence-electron chi connectivity index (χ2n) is 4.40. The lowest BCUT2D eigenvalue weighted by Gasteiger charge is -2.07. The summed E-state index contributed by atoms with van der Waals surface area (Å²) in [6.07, 6.45) is 1.79. The normalized spacial score (nSPS) is 10.9. The highest BCUT2D eigenvalue weighted by atomic mass is 32.2. The molecule has 0 aliphatic heterocycles. The number of para-hydroxylation sites is 1. The van der Waals surface area contributed by atoms with E-state index in [1.807, 2.05) is 41.9 Å². The van der Waals surface area contributed by atoms with E-state index >= 15 is 0 Å². The standard InChI is InChI=1S/C15H15N3OS/c1-18-14-12(7-5-9-16-14)17-15(18)20-10-11-6-3-4-8-13(11)19-2/h3-9H,10H2,1-2H3. The zero-order valence-electron chi connectivity index (χ0n) is 11.4. The molecule has 0 N–H and O–H groups in total. The topological polar surface area (TPSA) is 39.9 Å². The monoisotopic (exact) mass is 285 g/mol. The number of thioether (sulfide) groups is 1. The molecule has 0 aliphatic carbocycles. The maximum Gasteiger partial charge on any atom is 0.170 e. The highest BCUT2D eigenvalue weighted by molar-refractivity contribution is 7.98. The molecule has 0 aliphatic rings. The average Bonchev–Trinajstić information content (AvgIpc) is 2.82. The third-order valence-electron chi connectivity index (χ3n) is 3.14. The Morgan fingerprint density at radius 3 is 2.85 bits per heavy atom. The molecule has 1 aromatic carbocycles. The number of aromatic nitrogens is 3. The fourth-order valence-corrected chi connectivity index (χ4v) is 3.06. The summed E-state index contributed by atoms with van der Waals surface area (Å²) in [5.41, 5.74) is 3.01. The van der Waals surface area contributed by atoms with Gasteiger partial charge in [-0.05, 0) is 18.2 Å². The van der Waals surface area contributed by atoms with Crippen LogP contribution in [0.5, 0.6) is 5.75 Å². The van der Waals surface area contributed by atoms with Crippen LogP contribution in [0, 0.1) is 0 Å². The summed E-state index contributed by atoms with van der Waals surface area (Å²) in [6.45, 7) is 0. The molecule has 0 atom stereocenters. The zero-order valence-corrected chi connectivity index (χ0v) is 12.2. The molecule has 2 aromatic heterocycles. The fraction of sp³-hybridized carbons (Fsp3) is 0.200. The molecular weight excluding hydrogens is 270 g/mol. The molecule has 0 saturated heterocycles. The first-order valence-corrected chi connectivity index (χ1v) is 7.30. The minimum Gasteiger partial charge on any atom is -0.496 e. The number of fused-ring (bicyclic) bond motifs is 1. The van der Waals surface area contributed by atoms with Gasteiger partial charge in [0.1, 0.15) is 11.3 Å². The number of ether oxygens (including phenoxy) is 1. The lowest BCUT2D eigenvalue weighted by molar-refractivity contribution is 0.411. The van der Waals surface area contributed by atoms with Crippen LogP contribution >= 0.6 is 11.8 Å². The lowest BCUT2D eigenvalue weighted by Crippen LogP contribution is -1.94. The molecule has 20 heavy (non-hydrogen) atoms.